The Balaban J connectivity index is 1.57. The molecule has 6 nitrogen and oxygen atoms in total. The minimum atomic E-state index is -0.384. The molecule has 1 aliphatic heterocycles. The summed E-state index contributed by atoms with van der Waals surface area (Å²) in [6.07, 6.45) is 0. The van der Waals surface area contributed by atoms with Crippen LogP contribution >= 0.6 is 0 Å². The van der Waals surface area contributed by atoms with Crippen LogP contribution in [0, 0.1) is 13.8 Å². The summed E-state index contributed by atoms with van der Waals surface area (Å²) in [4.78, 5) is 27.9. The van der Waals surface area contributed by atoms with Crippen LogP contribution < -0.4 is 14.8 Å². The van der Waals surface area contributed by atoms with Crippen LogP contribution in [0.1, 0.15) is 16.7 Å². The molecule has 0 aliphatic carbocycles. The van der Waals surface area contributed by atoms with Crippen LogP contribution in [0.4, 0.5) is 5.69 Å². The molecule has 0 unspecified atom stereocenters. The van der Waals surface area contributed by atoms with Crippen LogP contribution in [0.3, 0.4) is 0 Å². The van der Waals surface area contributed by atoms with Crippen molar-refractivity contribution in [3.8, 4) is 11.5 Å². The second-order valence-corrected chi connectivity index (χ2v) is 7.91. The molecule has 0 aromatic heterocycles. The number of imide groups is 1. The van der Waals surface area contributed by atoms with Crippen LogP contribution in [0.25, 0.3) is 5.57 Å². The normalized spacial score (nSPS) is 13.5. The lowest BCUT2D eigenvalue weighted by molar-refractivity contribution is -0.137. The van der Waals surface area contributed by atoms with E-state index < -0.39 is 0 Å². The molecule has 0 fully saturated rings. The fourth-order valence-corrected chi connectivity index (χ4v) is 3.88. The summed E-state index contributed by atoms with van der Waals surface area (Å²) >= 11 is 0. The number of carbonyl (C=O) groups is 2. The largest absolute Gasteiger partial charge is 0.497 e. The monoisotopic (exact) mass is 442 g/mol. The van der Waals surface area contributed by atoms with Gasteiger partial charge in [0.2, 0.25) is 0 Å². The molecule has 6 heteroatoms. The Morgan fingerprint density at radius 1 is 0.818 bits per heavy atom. The van der Waals surface area contributed by atoms with Crippen molar-refractivity contribution in [3.63, 3.8) is 0 Å². The van der Waals surface area contributed by atoms with Gasteiger partial charge < -0.3 is 14.8 Å². The maximum Gasteiger partial charge on any atom is 0.278 e. The number of amides is 2. The van der Waals surface area contributed by atoms with E-state index in [-0.39, 0.29) is 30.7 Å². The van der Waals surface area contributed by atoms with Gasteiger partial charge in [0.25, 0.3) is 11.8 Å². The van der Waals surface area contributed by atoms with Crippen LogP contribution in [-0.2, 0) is 9.59 Å². The lowest BCUT2D eigenvalue weighted by Crippen LogP contribution is -2.36. The average Bonchev–Trinajstić information content (AvgIpc) is 3.03. The van der Waals surface area contributed by atoms with Gasteiger partial charge in [-0.2, -0.15) is 0 Å². The predicted molar refractivity (Wildman–Crippen MR) is 128 cm³/mol. The van der Waals surface area contributed by atoms with Gasteiger partial charge in [-0.15, -0.1) is 0 Å². The van der Waals surface area contributed by atoms with Gasteiger partial charge in [0.1, 0.15) is 23.8 Å². The van der Waals surface area contributed by atoms with Crippen molar-refractivity contribution in [2.45, 2.75) is 13.8 Å². The van der Waals surface area contributed by atoms with E-state index >= 15 is 0 Å². The highest BCUT2D eigenvalue weighted by Crippen LogP contribution is 2.31. The number of carbonyl (C=O) groups excluding carboxylic acids is 2. The number of aryl methyl sites for hydroxylation is 2. The Morgan fingerprint density at radius 3 is 2.24 bits per heavy atom. The maximum absolute atomic E-state index is 13.3. The number of anilines is 1. The smallest absolute Gasteiger partial charge is 0.278 e. The van der Waals surface area contributed by atoms with Crippen molar-refractivity contribution < 1.29 is 19.1 Å². The summed E-state index contributed by atoms with van der Waals surface area (Å²) < 4.78 is 11.1. The first kappa shape index (κ1) is 22.1. The zero-order valence-electron chi connectivity index (χ0n) is 18.9. The van der Waals surface area contributed by atoms with Gasteiger partial charge in [-0.25, -0.2) is 0 Å². The van der Waals surface area contributed by atoms with Gasteiger partial charge in [-0.3, -0.25) is 14.5 Å². The molecule has 0 radical (unpaired) electrons. The highest BCUT2D eigenvalue weighted by molar-refractivity contribution is 6.36. The first-order valence-corrected chi connectivity index (χ1v) is 10.7. The summed E-state index contributed by atoms with van der Waals surface area (Å²) in [6, 6.07) is 22.4. The quantitative estimate of drug-likeness (QED) is 0.517. The number of rotatable bonds is 8. The van der Waals surface area contributed by atoms with Gasteiger partial charge in [-0.05, 0) is 54.8 Å². The molecule has 2 amide bonds. The first-order chi connectivity index (χ1) is 16.0. The van der Waals surface area contributed by atoms with Crippen molar-refractivity contribution in [2.75, 3.05) is 25.6 Å². The van der Waals surface area contributed by atoms with Gasteiger partial charge >= 0.3 is 0 Å². The summed E-state index contributed by atoms with van der Waals surface area (Å²) in [5.74, 6) is 0.640. The van der Waals surface area contributed by atoms with Gasteiger partial charge in [-0.1, -0.05) is 42.5 Å². The van der Waals surface area contributed by atoms with Crippen LogP contribution in [-0.4, -0.2) is 37.0 Å². The topological polar surface area (TPSA) is 67.9 Å². The summed E-state index contributed by atoms with van der Waals surface area (Å²) in [6.45, 7) is 4.35. The molecular weight excluding hydrogens is 416 g/mol. The molecule has 4 rings (SSSR count). The molecule has 33 heavy (non-hydrogen) atoms. The Hall–Kier alpha value is -4.06. The fraction of sp³-hybridized carbons (Fsp3) is 0.185. The van der Waals surface area contributed by atoms with Gasteiger partial charge in [0, 0.05) is 11.8 Å². The van der Waals surface area contributed by atoms with Crippen molar-refractivity contribution in [1.82, 2.24) is 4.90 Å². The minimum absolute atomic E-state index is 0.143. The molecule has 3 aromatic carbocycles. The molecule has 3 aromatic rings. The number of ether oxygens (including phenoxy) is 2. The minimum Gasteiger partial charge on any atom is -0.497 e. The molecule has 0 saturated carbocycles. The Bertz CT molecular complexity index is 1200. The zero-order valence-corrected chi connectivity index (χ0v) is 18.9. The average molecular weight is 443 g/mol. The van der Waals surface area contributed by atoms with E-state index in [1.165, 1.54) is 4.90 Å². The van der Waals surface area contributed by atoms with E-state index in [1.807, 2.05) is 74.5 Å². The summed E-state index contributed by atoms with van der Waals surface area (Å²) in [5, 5.41) is 3.14. The molecule has 1 heterocycles. The molecule has 0 atom stereocenters. The van der Waals surface area contributed by atoms with Crippen LogP contribution in [0.5, 0.6) is 11.5 Å². The maximum atomic E-state index is 13.3. The van der Waals surface area contributed by atoms with Crippen molar-refractivity contribution in [2.24, 2.45) is 0 Å². The van der Waals surface area contributed by atoms with Gasteiger partial charge in [0.15, 0.2) is 0 Å². The third-order valence-electron chi connectivity index (χ3n) is 5.35. The predicted octanol–water partition coefficient (Wildman–Crippen LogP) is 4.58. The molecule has 0 saturated heterocycles. The number of hydrogen-bond donors (Lipinski definition) is 1. The summed E-state index contributed by atoms with van der Waals surface area (Å²) in [5.41, 5.74) is 4.11. The highest BCUT2D eigenvalue weighted by atomic mass is 16.5. The van der Waals surface area contributed by atoms with Crippen molar-refractivity contribution in [1.29, 1.82) is 0 Å². The molecule has 0 spiro atoms. The molecule has 1 aliphatic rings. The Labute approximate surface area is 193 Å². The van der Waals surface area contributed by atoms with Gasteiger partial charge in [0.05, 0.1) is 19.2 Å². The molecular formula is C27H26N2O4. The fourth-order valence-electron chi connectivity index (χ4n) is 3.88. The second kappa shape index (κ2) is 9.61. The second-order valence-electron chi connectivity index (χ2n) is 7.91. The highest BCUT2D eigenvalue weighted by Gasteiger charge is 2.39. The third-order valence-corrected chi connectivity index (χ3v) is 5.35. The van der Waals surface area contributed by atoms with Crippen molar-refractivity contribution in [3.05, 3.63) is 95.2 Å². The molecule has 168 valence electrons. The first-order valence-electron chi connectivity index (χ1n) is 10.7. The van der Waals surface area contributed by atoms with E-state index in [1.54, 1.807) is 13.2 Å². The number of nitrogens with zero attached hydrogens (tertiary/aromatic N) is 1. The number of nitrogens with one attached hydrogen (secondary N) is 1. The lowest BCUT2D eigenvalue weighted by Gasteiger charge is -2.16. The van der Waals surface area contributed by atoms with E-state index in [0.717, 1.165) is 16.9 Å². The molecule has 0 bridgehead atoms. The van der Waals surface area contributed by atoms with Crippen LogP contribution in [0.2, 0.25) is 0 Å². The number of methoxy groups -OCH3 is 1. The number of benzene rings is 3. The Kier molecular flexibility index (Phi) is 6.45. The van der Waals surface area contributed by atoms with E-state index in [4.69, 9.17) is 9.47 Å². The Morgan fingerprint density at radius 2 is 1.55 bits per heavy atom. The third kappa shape index (κ3) is 4.90. The van der Waals surface area contributed by atoms with E-state index in [0.29, 0.717) is 22.6 Å². The summed E-state index contributed by atoms with van der Waals surface area (Å²) in [7, 11) is 1.58. The SMILES string of the molecule is COc1cccc(NC2=C(c3ccccc3)C(=O)N(CCOc3cc(C)cc(C)c3)C2=O)c1. The standard InChI is InChI=1S/C27H26N2O4/c1-18-14-19(2)16-23(15-18)33-13-12-29-26(30)24(20-8-5-4-6-9-20)25(27(29)31)28-21-10-7-11-22(17-21)32-3/h4-11,14-17,28H,12-13H2,1-3H3. The van der Waals surface area contributed by atoms with Crippen molar-refractivity contribution >= 4 is 23.1 Å². The molecule has 1 N–H and O–H groups in total. The van der Waals surface area contributed by atoms with E-state index in [9.17, 15) is 9.59 Å². The van der Waals surface area contributed by atoms with E-state index in [2.05, 4.69) is 11.4 Å². The zero-order chi connectivity index (χ0) is 23.4. The van der Waals surface area contributed by atoms with Crippen LogP contribution in [0.15, 0.2) is 78.5 Å². The number of hydrogen-bond acceptors (Lipinski definition) is 5. The lowest BCUT2D eigenvalue weighted by atomic mass is 10.0.